The molecule has 0 saturated heterocycles. The number of fused-ring (bicyclic) bond motifs is 1. The molecule has 4 heteroatoms. The molecule has 0 bridgehead atoms. The fraction of sp³-hybridized carbons (Fsp3) is 0.417. The van der Waals surface area contributed by atoms with Crippen molar-refractivity contribution < 1.29 is 5.11 Å². The Bertz CT molecular complexity index is 517. The summed E-state index contributed by atoms with van der Waals surface area (Å²) in [6.07, 6.45) is 4.19. The maximum Gasteiger partial charge on any atom is 0.0924 e. The van der Waals surface area contributed by atoms with E-state index in [2.05, 4.69) is 33.3 Å². The Hall–Kier alpha value is -0.870. The minimum Gasteiger partial charge on any atom is -0.396 e. The molecule has 0 radical (unpaired) electrons. The second-order valence-corrected chi connectivity index (χ2v) is 5.40. The number of aromatic nitrogens is 2. The number of benzene rings is 1. The molecule has 1 N–H and O–H groups in total. The smallest absolute Gasteiger partial charge is 0.0924 e. The molecule has 0 aliphatic heterocycles. The Morgan fingerprint density at radius 2 is 2.25 bits per heavy atom. The van der Waals surface area contributed by atoms with Gasteiger partial charge in [0.15, 0.2) is 0 Å². The lowest BCUT2D eigenvalue weighted by Crippen LogP contribution is -2.29. The molecule has 3 nitrogen and oxygen atoms in total. The summed E-state index contributed by atoms with van der Waals surface area (Å²) in [4.78, 5) is 0. The zero-order chi connectivity index (χ0) is 11.1. The molecule has 16 heavy (non-hydrogen) atoms. The van der Waals surface area contributed by atoms with Crippen molar-refractivity contribution in [2.45, 2.75) is 18.9 Å². The standard InChI is InChI=1S/C12H13BrN2O/c13-10-1-2-12-9(5-10)6-15(14-12)11-3-8(4-11)7-16/h1-2,5-6,8,11,16H,3-4,7H2. The number of halogens is 1. The van der Waals surface area contributed by atoms with Gasteiger partial charge in [0.25, 0.3) is 0 Å². The Morgan fingerprint density at radius 1 is 1.44 bits per heavy atom. The molecular formula is C12H13BrN2O. The minimum atomic E-state index is 0.308. The first-order chi connectivity index (χ1) is 7.76. The maximum atomic E-state index is 8.99. The average Bonchev–Trinajstić information content (AvgIpc) is 2.58. The predicted molar refractivity (Wildman–Crippen MR) is 66.3 cm³/mol. The fourth-order valence-electron chi connectivity index (χ4n) is 2.27. The van der Waals surface area contributed by atoms with Crippen LogP contribution in [0.4, 0.5) is 0 Å². The Balaban J connectivity index is 1.89. The van der Waals surface area contributed by atoms with Crippen LogP contribution in [0.1, 0.15) is 18.9 Å². The molecular weight excluding hydrogens is 268 g/mol. The summed E-state index contributed by atoms with van der Waals surface area (Å²) in [6, 6.07) is 6.60. The van der Waals surface area contributed by atoms with Crippen LogP contribution in [0.25, 0.3) is 10.9 Å². The van der Waals surface area contributed by atoms with Crippen LogP contribution in [-0.4, -0.2) is 21.5 Å². The summed E-state index contributed by atoms with van der Waals surface area (Å²) in [5, 5.41) is 14.7. The molecule has 2 aromatic rings. The third-order valence-corrected chi connectivity index (χ3v) is 3.82. The van der Waals surface area contributed by atoms with Gasteiger partial charge in [-0.1, -0.05) is 15.9 Å². The Morgan fingerprint density at radius 3 is 3.00 bits per heavy atom. The van der Waals surface area contributed by atoms with E-state index < -0.39 is 0 Å². The van der Waals surface area contributed by atoms with Crippen LogP contribution >= 0.6 is 15.9 Å². The van der Waals surface area contributed by atoms with Gasteiger partial charge in [0, 0.05) is 22.7 Å². The van der Waals surface area contributed by atoms with E-state index in [1.807, 2.05) is 16.8 Å². The molecule has 1 aromatic heterocycles. The van der Waals surface area contributed by atoms with Crippen molar-refractivity contribution in [3.05, 3.63) is 28.9 Å². The fourth-order valence-corrected chi connectivity index (χ4v) is 2.65. The molecule has 3 rings (SSSR count). The van der Waals surface area contributed by atoms with E-state index >= 15 is 0 Å². The van der Waals surface area contributed by atoms with E-state index in [9.17, 15) is 0 Å². The molecule has 0 amide bonds. The third kappa shape index (κ3) is 1.66. The lowest BCUT2D eigenvalue weighted by atomic mass is 9.81. The number of rotatable bonds is 2. The van der Waals surface area contributed by atoms with Crippen LogP contribution in [0.2, 0.25) is 0 Å². The van der Waals surface area contributed by atoms with Crippen molar-refractivity contribution in [2.75, 3.05) is 6.61 Å². The van der Waals surface area contributed by atoms with E-state index in [0.717, 1.165) is 22.8 Å². The molecule has 1 aromatic carbocycles. The molecule has 1 fully saturated rings. The molecule has 84 valence electrons. The first kappa shape index (κ1) is 10.3. The minimum absolute atomic E-state index is 0.308. The van der Waals surface area contributed by atoms with Crippen molar-refractivity contribution in [2.24, 2.45) is 5.92 Å². The highest BCUT2D eigenvalue weighted by Crippen LogP contribution is 2.37. The van der Waals surface area contributed by atoms with Crippen LogP contribution in [-0.2, 0) is 0 Å². The lowest BCUT2D eigenvalue weighted by molar-refractivity contribution is 0.106. The van der Waals surface area contributed by atoms with Crippen molar-refractivity contribution in [3.63, 3.8) is 0 Å². The Kier molecular flexibility index (Phi) is 2.48. The van der Waals surface area contributed by atoms with Gasteiger partial charge in [0.05, 0.1) is 11.6 Å². The highest BCUT2D eigenvalue weighted by atomic mass is 79.9. The van der Waals surface area contributed by atoms with Crippen molar-refractivity contribution in [1.29, 1.82) is 0 Å². The first-order valence-corrected chi connectivity index (χ1v) is 6.31. The van der Waals surface area contributed by atoms with Gasteiger partial charge in [-0.05, 0) is 37.0 Å². The molecule has 0 unspecified atom stereocenters. The molecule has 0 spiro atoms. The van der Waals surface area contributed by atoms with Crippen LogP contribution in [0.15, 0.2) is 28.9 Å². The summed E-state index contributed by atoms with van der Waals surface area (Å²) in [5.74, 6) is 0.476. The van der Waals surface area contributed by atoms with Crippen LogP contribution in [0.3, 0.4) is 0 Å². The highest BCUT2D eigenvalue weighted by molar-refractivity contribution is 9.10. The van der Waals surface area contributed by atoms with E-state index in [-0.39, 0.29) is 0 Å². The SMILES string of the molecule is OCC1CC(n2cc3cc(Br)ccc3n2)C1. The topological polar surface area (TPSA) is 38.0 Å². The molecule has 1 heterocycles. The Labute approximate surface area is 102 Å². The summed E-state index contributed by atoms with van der Waals surface area (Å²) in [6.45, 7) is 0.308. The van der Waals surface area contributed by atoms with Crippen LogP contribution in [0, 0.1) is 5.92 Å². The summed E-state index contributed by atoms with van der Waals surface area (Å²) in [5.41, 5.74) is 1.04. The number of nitrogens with zero attached hydrogens (tertiary/aromatic N) is 2. The third-order valence-electron chi connectivity index (χ3n) is 3.33. The first-order valence-electron chi connectivity index (χ1n) is 5.51. The van der Waals surface area contributed by atoms with E-state index in [1.165, 1.54) is 5.39 Å². The zero-order valence-corrected chi connectivity index (χ0v) is 10.4. The number of hydrogen-bond donors (Lipinski definition) is 1. The van der Waals surface area contributed by atoms with Gasteiger partial charge < -0.3 is 5.11 Å². The highest BCUT2D eigenvalue weighted by Gasteiger charge is 2.30. The van der Waals surface area contributed by atoms with E-state index in [4.69, 9.17) is 5.11 Å². The summed E-state index contributed by atoms with van der Waals surface area (Å²) in [7, 11) is 0. The maximum absolute atomic E-state index is 8.99. The number of aliphatic hydroxyl groups is 1. The molecule has 1 aliphatic rings. The largest absolute Gasteiger partial charge is 0.396 e. The van der Waals surface area contributed by atoms with Gasteiger partial charge >= 0.3 is 0 Å². The average molecular weight is 281 g/mol. The summed E-state index contributed by atoms with van der Waals surface area (Å²) >= 11 is 3.46. The number of aliphatic hydroxyl groups excluding tert-OH is 1. The van der Waals surface area contributed by atoms with Crippen molar-refractivity contribution in [1.82, 2.24) is 9.78 Å². The molecule has 0 atom stereocenters. The predicted octanol–water partition coefficient (Wildman–Crippen LogP) is 2.74. The lowest BCUT2D eigenvalue weighted by Gasteiger charge is -2.33. The molecule has 1 aliphatic carbocycles. The monoisotopic (exact) mass is 280 g/mol. The summed E-state index contributed by atoms with van der Waals surface area (Å²) < 4.78 is 3.13. The number of hydrogen-bond acceptors (Lipinski definition) is 2. The molecule has 1 saturated carbocycles. The van der Waals surface area contributed by atoms with Crippen molar-refractivity contribution >= 4 is 26.8 Å². The van der Waals surface area contributed by atoms with Gasteiger partial charge in [-0.2, -0.15) is 5.10 Å². The second-order valence-electron chi connectivity index (χ2n) is 4.49. The van der Waals surface area contributed by atoms with Gasteiger partial charge in [0.1, 0.15) is 0 Å². The van der Waals surface area contributed by atoms with Gasteiger partial charge in [-0.25, -0.2) is 0 Å². The van der Waals surface area contributed by atoms with Gasteiger partial charge in [-0.3, -0.25) is 4.68 Å². The van der Waals surface area contributed by atoms with Crippen molar-refractivity contribution in [3.8, 4) is 0 Å². The van der Waals surface area contributed by atoms with Crippen LogP contribution in [0.5, 0.6) is 0 Å². The van der Waals surface area contributed by atoms with E-state index in [1.54, 1.807) is 0 Å². The second kappa shape index (κ2) is 3.86. The quantitative estimate of drug-likeness (QED) is 0.919. The van der Waals surface area contributed by atoms with E-state index in [0.29, 0.717) is 18.6 Å². The van der Waals surface area contributed by atoms with Gasteiger partial charge in [0.2, 0.25) is 0 Å². The zero-order valence-electron chi connectivity index (χ0n) is 8.81. The van der Waals surface area contributed by atoms with Gasteiger partial charge in [-0.15, -0.1) is 0 Å². The normalized spacial score (nSPS) is 24.6. The van der Waals surface area contributed by atoms with Crippen LogP contribution < -0.4 is 0 Å².